The summed E-state index contributed by atoms with van der Waals surface area (Å²) in [5, 5.41) is 2.49. The Bertz CT molecular complexity index is 888. The first kappa shape index (κ1) is 22.6. The summed E-state index contributed by atoms with van der Waals surface area (Å²) < 4.78 is 11.4. The molecule has 0 bridgehead atoms. The van der Waals surface area contributed by atoms with Crippen molar-refractivity contribution in [1.29, 1.82) is 0 Å². The Hall–Kier alpha value is -2.65. The highest BCUT2D eigenvalue weighted by Gasteiger charge is 2.12. The second kappa shape index (κ2) is 10.8. The summed E-state index contributed by atoms with van der Waals surface area (Å²) >= 11 is 8.43. The summed E-state index contributed by atoms with van der Waals surface area (Å²) in [4.78, 5) is 24.3. The highest BCUT2D eigenvalue weighted by Crippen LogP contribution is 2.26. The molecule has 0 atom stereocenters. The van der Waals surface area contributed by atoms with E-state index in [0.29, 0.717) is 21.5 Å². The molecular weight excluding hydrogens is 458 g/mol. The molecular formula is C20H22BrN3O4S. The number of hydrogen-bond acceptors (Lipinski definition) is 5. The number of hydrogen-bond donors (Lipinski definition) is 3. The van der Waals surface area contributed by atoms with E-state index in [1.54, 1.807) is 49.6 Å². The van der Waals surface area contributed by atoms with E-state index in [1.165, 1.54) is 0 Å². The number of benzene rings is 2. The second-order valence-corrected chi connectivity index (χ2v) is 7.56. The summed E-state index contributed by atoms with van der Waals surface area (Å²) in [6.07, 6.45) is 0.168. The Balaban J connectivity index is 1.82. The van der Waals surface area contributed by atoms with Crippen molar-refractivity contribution in [2.75, 3.05) is 7.11 Å². The molecule has 7 nitrogen and oxygen atoms in total. The summed E-state index contributed by atoms with van der Waals surface area (Å²) in [5.74, 6) is 0.642. The lowest BCUT2D eigenvalue weighted by Crippen LogP contribution is -2.48. The SMILES string of the molecule is COc1ccc(CC(=O)NNC(=S)NC(=O)c2ccc(OC(C)C)c(Br)c2)cc1. The van der Waals surface area contributed by atoms with Gasteiger partial charge in [0.25, 0.3) is 5.91 Å². The maximum absolute atomic E-state index is 12.3. The van der Waals surface area contributed by atoms with Crippen LogP contribution in [0.5, 0.6) is 11.5 Å². The van der Waals surface area contributed by atoms with Gasteiger partial charge in [0.1, 0.15) is 11.5 Å². The minimum atomic E-state index is -0.413. The van der Waals surface area contributed by atoms with Crippen LogP contribution in [0.2, 0.25) is 0 Å². The van der Waals surface area contributed by atoms with Gasteiger partial charge in [0, 0.05) is 5.56 Å². The Morgan fingerprint density at radius 1 is 1.10 bits per heavy atom. The molecule has 3 N–H and O–H groups in total. The highest BCUT2D eigenvalue weighted by molar-refractivity contribution is 9.10. The van der Waals surface area contributed by atoms with Crippen molar-refractivity contribution in [1.82, 2.24) is 16.2 Å². The van der Waals surface area contributed by atoms with Gasteiger partial charge in [-0.2, -0.15) is 0 Å². The minimum Gasteiger partial charge on any atom is -0.497 e. The molecule has 0 radical (unpaired) electrons. The molecule has 0 fully saturated rings. The third kappa shape index (κ3) is 7.35. The van der Waals surface area contributed by atoms with Gasteiger partial charge in [-0.15, -0.1) is 0 Å². The summed E-state index contributed by atoms with van der Waals surface area (Å²) in [7, 11) is 1.58. The van der Waals surface area contributed by atoms with Crippen molar-refractivity contribution in [3.05, 3.63) is 58.1 Å². The van der Waals surface area contributed by atoms with Crippen molar-refractivity contribution in [2.24, 2.45) is 0 Å². The molecule has 0 spiro atoms. The molecule has 0 saturated carbocycles. The number of nitrogens with one attached hydrogen (secondary N) is 3. The fourth-order valence-corrected chi connectivity index (χ4v) is 2.91. The summed E-state index contributed by atoms with van der Waals surface area (Å²) in [6, 6.07) is 12.1. The third-order valence-corrected chi connectivity index (χ3v) is 4.45. The predicted octanol–water partition coefficient (Wildman–Crippen LogP) is 3.12. The van der Waals surface area contributed by atoms with E-state index in [1.807, 2.05) is 13.8 Å². The molecule has 0 aromatic heterocycles. The standard InChI is InChI=1S/C20H22BrN3O4S/c1-12(2)28-17-9-6-14(11-16(17)21)19(26)22-20(29)24-23-18(25)10-13-4-7-15(27-3)8-5-13/h4-9,11-12H,10H2,1-3H3,(H,23,25)(H2,22,24,26,29). The normalized spacial score (nSPS) is 10.2. The zero-order valence-corrected chi connectivity index (χ0v) is 18.6. The van der Waals surface area contributed by atoms with E-state index >= 15 is 0 Å². The predicted molar refractivity (Wildman–Crippen MR) is 118 cm³/mol. The highest BCUT2D eigenvalue weighted by atomic mass is 79.9. The molecule has 0 saturated heterocycles. The number of methoxy groups -OCH3 is 1. The van der Waals surface area contributed by atoms with E-state index in [4.69, 9.17) is 21.7 Å². The molecule has 0 aliphatic carbocycles. The van der Waals surface area contributed by atoms with Crippen LogP contribution in [0.25, 0.3) is 0 Å². The molecule has 29 heavy (non-hydrogen) atoms. The third-order valence-electron chi connectivity index (χ3n) is 3.62. The van der Waals surface area contributed by atoms with Crippen LogP contribution in [0.3, 0.4) is 0 Å². The lowest BCUT2D eigenvalue weighted by molar-refractivity contribution is -0.121. The van der Waals surface area contributed by atoms with Crippen molar-refractivity contribution >= 4 is 45.1 Å². The maximum atomic E-state index is 12.3. The van der Waals surface area contributed by atoms with Gasteiger partial charge in [-0.1, -0.05) is 12.1 Å². The lowest BCUT2D eigenvalue weighted by atomic mass is 10.1. The van der Waals surface area contributed by atoms with Crippen LogP contribution in [-0.2, 0) is 11.2 Å². The van der Waals surface area contributed by atoms with E-state index in [-0.39, 0.29) is 23.5 Å². The first-order valence-corrected chi connectivity index (χ1v) is 9.98. The monoisotopic (exact) mass is 479 g/mol. The van der Waals surface area contributed by atoms with Crippen LogP contribution in [-0.4, -0.2) is 30.1 Å². The summed E-state index contributed by atoms with van der Waals surface area (Å²) in [6.45, 7) is 3.83. The van der Waals surface area contributed by atoms with Crippen LogP contribution < -0.4 is 25.6 Å². The topological polar surface area (TPSA) is 88.7 Å². The summed E-state index contributed by atoms with van der Waals surface area (Å²) in [5.41, 5.74) is 6.17. The number of carbonyl (C=O) groups excluding carboxylic acids is 2. The first-order chi connectivity index (χ1) is 13.8. The Labute approximate surface area is 183 Å². The van der Waals surface area contributed by atoms with Gasteiger partial charge in [-0.3, -0.25) is 25.8 Å². The zero-order valence-electron chi connectivity index (χ0n) is 16.2. The van der Waals surface area contributed by atoms with E-state index in [2.05, 4.69) is 32.1 Å². The van der Waals surface area contributed by atoms with E-state index < -0.39 is 5.91 Å². The second-order valence-electron chi connectivity index (χ2n) is 6.29. The molecule has 2 rings (SSSR count). The number of carbonyl (C=O) groups is 2. The molecule has 0 heterocycles. The van der Waals surface area contributed by atoms with Crippen LogP contribution in [0.15, 0.2) is 46.9 Å². The maximum Gasteiger partial charge on any atom is 0.257 e. The molecule has 2 amide bonds. The number of thiocarbonyl (C=S) groups is 1. The average molecular weight is 480 g/mol. The minimum absolute atomic E-state index is 0.0169. The van der Waals surface area contributed by atoms with Gasteiger partial charge >= 0.3 is 0 Å². The van der Waals surface area contributed by atoms with Crippen molar-refractivity contribution < 1.29 is 19.1 Å². The van der Waals surface area contributed by atoms with E-state index in [9.17, 15) is 9.59 Å². The van der Waals surface area contributed by atoms with Crippen LogP contribution in [0.1, 0.15) is 29.8 Å². The quantitative estimate of drug-likeness (QED) is 0.435. The lowest BCUT2D eigenvalue weighted by Gasteiger charge is -2.13. The number of halogens is 1. The molecule has 154 valence electrons. The van der Waals surface area contributed by atoms with Gasteiger partial charge in [0.15, 0.2) is 5.11 Å². The first-order valence-electron chi connectivity index (χ1n) is 8.77. The molecule has 2 aromatic rings. The van der Waals surface area contributed by atoms with Crippen molar-refractivity contribution in [3.63, 3.8) is 0 Å². The van der Waals surface area contributed by atoms with Gasteiger partial charge < -0.3 is 9.47 Å². The Morgan fingerprint density at radius 2 is 1.79 bits per heavy atom. The van der Waals surface area contributed by atoms with Crippen molar-refractivity contribution in [2.45, 2.75) is 26.4 Å². The van der Waals surface area contributed by atoms with Crippen molar-refractivity contribution in [3.8, 4) is 11.5 Å². The Morgan fingerprint density at radius 3 is 2.38 bits per heavy atom. The van der Waals surface area contributed by atoms with Gasteiger partial charge in [0.2, 0.25) is 5.91 Å². The van der Waals surface area contributed by atoms with Crippen LogP contribution in [0, 0.1) is 0 Å². The molecule has 2 aromatic carbocycles. The molecule has 0 unspecified atom stereocenters. The van der Waals surface area contributed by atoms with Crippen LogP contribution >= 0.6 is 28.1 Å². The fraction of sp³-hybridized carbons (Fsp3) is 0.250. The largest absolute Gasteiger partial charge is 0.497 e. The van der Waals surface area contributed by atoms with Gasteiger partial charge in [-0.05, 0) is 77.9 Å². The number of ether oxygens (including phenoxy) is 2. The number of hydrazine groups is 1. The smallest absolute Gasteiger partial charge is 0.257 e. The zero-order chi connectivity index (χ0) is 21.4. The van der Waals surface area contributed by atoms with E-state index in [0.717, 1.165) is 5.56 Å². The average Bonchev–Trinajstić information content (AvgIpc) is 2.68. The fourth-order valence-electron chi connectivity index (χ4n) is 2.30. The molecule has 9 heteroatoms. The van der Waals surface area contributed by atoms with Crippen LogP contribution in [0.4, 0.5) is 0 Å². The number of rotatable bonds is 6. The molecule has 0 aliphatic heterocycles. The molecule has 0 aliphatic rings. The Kier molecular flexibility index (Phi) is 8.41. The van der Waals surface area contributed by atoms with Gasteiger partial charge in [-0.25, -0.2) is 0 Å². The number of amides is 2. The van der Waals surface area contributed by atoms with Gasteiger partial charge in [0.05, 0.1) is 24.1 Å².